The second-order valence-corrected chi connectivity index (χ2v) is 3.71. The Bertz CT molecular complexity index is 317. The monoisotopic (exact) mass is 279 g/mol. The third-order valence-corrected chi connectivity index (χ3v) is 2.27. The Kier molecular flexibility index (Phi) is 6.00. The van der Waals surface area contributed by atoms with Crippen molar-refractivity contribution in [2.24, 2.45) is 5.73 Å². The maximum absolute atomic E-state index is 13.2. The average molecular weight is 281 g/mol. The van der Waals surface area contributed by atoms with E-state index in [1.807, 2.05) is 0 Å². The van der Waals surface area contributed by atoms with Crippen molar-refractivity contribution in [1.82, 2.24) is 0 Å². The molecule has 2 N–H and O–H groups in total. The summed E-state index contributed by atoms with van der Waals surface area (Å²) in [6, 6.07) is 4.45. The molecule has 1 atom stereocenters. The van der Waals surface area contributed by atoms with Gasteiger partial charge in [-0.15, -0.1) is 19.0 Å². The van der Waals surface area contributed by atoms with E-state index < -0.39 is 0 Å². The molecule has 0 spiro atoms. The first-order valence-corrected chi connectivity index (χ1v) is 4.76. The SMILES string of the molecule is C=CC[C@H](N)c1cc(Br)ccc1F.Cl. The fourth-order valence-electron chi connectivity index (χ4n) is 1.11. The second kappa shape index (κ2) is 6.17. The van der Waals surface area contributed by atoms with Gasteiger partial charge in [-0.2, -0.15) is 0 Å². The van der Waals surface area contributed by atoms with E-state index in [2.05, 4.69) is 22.5 Å². The van der Waals surface area contributed by atoms with Crippen LogP contribution in [0.1, 0.15) is 18.0 Å². The minimum absolute atomic E-state index is 0. The van der Waals surface area contributed by atoms with Gasteiger partial charge in [0.15, 0.2) is 0 Å². The van der Waals surface area contributed by atoms with Gasteiger partial charge in [-0.05, 0) is 24.6 Å². The largest absolute Gasteiger partial charge is 0.324 e. The normalized spacial score (nSPS) is 11.6. The van der Waals surface area contributed by atoms with Crippen molar-refractivity contribution in [2.75, 3.05) is 0 Å². The van der Waals surface area contributed by atoms with Crippen LogP contribution >= 0.6 is 28.3 Å². The van der Waals surface area contributed by atoms with Crippen molar-refractivity contribution in [3.05, 3.63) is 46.7 Å². The highest BCUT2D eigenvalue weighted by Crippen LogP contribution is 2.22. The first kappa shape index (κ1) is 13.6. The molecular formula is C10H12BrClFN. The molecule has 1 aromatic rings. The molecule has 1 rings (SSSR count). The lowest BCUT2D eigenvalue weighted by atomic mass is 10.0. The molecule has 0 aliphatic rings. The molecule has 0 unspecified atom stereocenters. The van der Waals surface area contributed by atoms with Crippen LogP contribution in [0.4, 0.5) is 4.39 Å². The molecule has 0 aromatic heterocycles. The Balaban J connectivity index is 0.00000169. The summed E-state index contributed by atoms with van der Waals surface area (Å²) >= 11 is 3.27. The molecule has 0 saturated carbocycles. The molecule has 0 aliphatic carbocycles. The summed E-state index contributed by atoms with van der Waals surface area (Å²) in [5.41, 5.74) is 6.27. The fourth-order valence-corrected chi connectivity index (χ4v) is 1.48. The first-order chi connectivity index (χ1) is 6.15. The smallest absolute Gasteiger partial charge is 0.128 e. The molecule has 78 valence electrons. The zero-order valence-electron chi connectivity index (χ0n) is 7.54. The van der Waals surface area contributed by atoms with Gasteiger partial charge in [-0.25, -0.2) is 4.39 Å². The standard InChI is InChI=1S/C10H11BrFN.ClH/c1-2-3-10(13)8-6-7(11)4-5-9(8)12;/h2,4-6,10H,1,3,13H2;1H/t10-;/m0./s1. The van der Waals surface area contributed by atoms with Crippen LogP contribution in [0.5, 0.6) is 0 Å². The summed E-state index contributed by atoms with van der Waals surface area (Å²) in [6.07, 6.45) is 2.26. The van der Waals surface area contributed by atoms with E-state index in [1.165, 1.54) is 6.07 Å². The van der Waals surface area contributed by atoms with Gasteiger partial charge in [0.2, 0.25) is 0 Å². The Morgan fingerprint density at radius 3 is 2.79 bits per heavy atom. The van der Waals surface area contributed by atoms with E-state index in [0.29, 0.717) is 12.0 Å². The minimum atomic E-state index is -0.310. The summed E-state index contributed by atoms with van der Waals surface area (Å²) in [5.74, 6) is -0.266. The lowest BCUT2D eigenvalue weighted by Crippen LogP contribution is -2.10. The van der Waals surface area contributed by atoms with Crippen LogP contribution < -0.4 is 5.73 Å². The van der Waals surface area contributed by atoms with E-state index in [0.717, 1.165) is 4.47 Å². The van der Waals surface area contributed by atoms with E-state index in [-0.39, 0.29) is 24.3 Å². The minimum Gasteiger partial charge on any atom is -0.324 e. The van der Waals surface area contributed by atoms with E-state index in [1.54, 1.807) is 18.2 Å². The molecule has 4 heteroatoms. The second-order valence-electron chi connectivity index (χ2n) is 2.80. The van der Waals surface area contributed by atoms with Crippen molar-refractivity contribution < 1.29 is 4.39 Å². The van der Waals surface area contributed by atoms with Gasteiger partial charge in [-0.1, -0.05) is 22.0 Å². The molecule has 0 aliphatic heterocycles. The van der Waals surface area contributed by atoms with Crippen LogP contribution in [0.2, 0.25) is 0 Å². The highest BCUT2D eigenvalue weighted by Gasteiger charge is 2.09. The van der Waals surface area contributed by atoms with Gasteiger partial charge in [-0.3, -0.25) is 0 Å². The summed E-state index contributed by atoms with van der Waals surface area (Å²) in [4.78, 5) is 0. The van der Waals surface area contributed by atoms with Crippen molar-refractivity contribution in [1.29, 1.82) is 0 Å². The van der Waals surface area contributed by atoms with Crippen LogP contribution in [0, 0.1) is 5.82 Å². The molecule has 0 radical (unpaired) electrons. The number of benzene rings is 1. The maximum Gasteiger partial charge on any atom is 0.128 e. The van der Waals surface area contributed by atoms with Crippen molar-refractivity contribution in [3.8, 4) is 0 Å². The lowest BCUT2D eigenvalue weighted by Gasteiger charge is -2.10. The van der Waals surface area contributed by atoms with Crippen LogP contribution in [-0.4, -0.2) is 0 Å². The van der Waals surface area contributed by atoms with Crippen molar-refractivity contribution >= 4 is 28.3 Å². The van der Waals surface area contributed by atoms with E-state index in [4.69, 9.17) is 5.73 Å². The summed E-state index contributed by atoms with van der Waals surface area (Å²) in [7, 11) is 0. The third-order valence-electron chi connectivity index (χ3n) is 1.78. The van der Waals surface area contributed by atoms with Gasteiger partial charge < -0.3 is 5.73 Å². The average Bonchev–Trinajstić information content (AvgIpc) is 2.09. The van der Waals surface area contributed by atoms with Crippen LogP contribution in [0.25, 0.3) is 0 Å². The van der Waals surface area contributed by atoms with Gasteiger partial charge in [0, 0.05) is 16.1 Å². The third kappa shape index (κ3) is 3.40. The molecule has 0 amide bonds. The number of nitrogens with two attached hydrogens (primary N) is 1. The van der Waals surface area contributed by atoms with Gasteiger partial charge in [0.05, 0.1) is 0 Å². The zero-order valence-corrected chi connectivity index (χ0v) is 9.94. The van der Waals surface area contributed by atoms with E-state index >= 15 is 0 Å². The number of rotatable bonds is 3. The predicted molar refractivity (Wildman–Crippen MR) is 63.1 cm³/mol. The number of hydrogen-bond donors (Lipinski definition) is 1. The first-order valence-electron chi connectivity index (χ1n) is 3.96. The van der Waals surface area contributed by atoms with Crippen LogP contribution in [0.3, 0.4) is 0 Å². The molecule has 1 nitrogen and oxygen atoms in total. The molecule has 0 fully saturated rings. The number of halogens is 3. The molecule has 0 saturated heterocycles. The fraction of sp³-hybridized carbons (Fsp3) is 0.200. The Hall–Kier alpha value is -0.380. The van der Waals surface area contributed by atoms with Gasteiger partial charge in [0.1, 0.15) is 5.82 Å². The molecule has 0 bridgehead atoms. The molecular weight excluding hydrogens is 268 g/mol. The van der Waals surface area contributed by atoms with E-state index in [9.17, 15) is 4.39 Å². The van der Waals surface area contributed by atoms with Crippen molar-refractivity contribution in [3.63, 3.8) is 0 Å². The highest BCUT2D eigenvalue weighted by molar-refractivity contribution is 9.10. The van der Waals surface area contributed by atoms with Crippen LogP contribution in [0.15, 0.2) is 35.3 Å². The van der Waals surface area contributed by atoms with Gasteiger partial charge in [0.25, 0.3) is 0 Å². The topological polar surface area (TPSA) is 26.0 Å². The Morgan fingerprint density at radius 2 is 2.21 bits per heavy atom. The zero-order chi connectivity index (χ0) is 9.84. The summed E-state index contributed by atoms with van der Waals surface area (Å²) < 4.78 is 14.0. The highest BCUT2D eigenvalue weighted by atomic mass is 79.9. The summed E-state index contributed by atoms with van der Waals surface area (Å²) in [6.45, 7) is 3.56. The Morgan fingerprint density at radius 1 is 1.57 bits per heavy atom. The predicted octanol–water partition coefficient (Wildman–Crippen LogP) is 3.59. The van der Waals surface area contributed by atoms with Crippen molar-refractivity contribution in [2.45, 2.75) is 12.5 Å². The Labute approximate surface area is 97.7 Å². The summed E-state index contributed by atoms with van der Waals surface area (Å²) in [5, 5.41) is 0. The maximum atomic E-state index is 13.2. The van der Waals surface area contributed by atoms with Crippen LogP contribution in [-0.2, 0) is 0 Å². The van der Waals surface area contributed by atoms with Gasteiger partial charge >= 0.3 is 0 Å². The quantitative estimate of drug-likeness (QED) is 0.841. The molecule has 1 aromatic carbocycles. The molecule has 0 heterocycles. The number of hydrogen-bond acceptors (Lipinski definition) is 1. The lowest BCUT2D eigenvalue weighted by molar-refractivity contribution is 0.583. The molecule has 14 heavy (non-hydrogen) atoms.